The SMILES string of the molecule is CC(C)C1CN(C(=O)c2[nH]nc3ncccc23)C1. The Bertz CT molecular complexity index is 583. The first-order valence-corrected chi connectivity index (χ1v) is 6.25. The van der Waals surface area contributed by atoms with E-state index in [4.69, 9.17) is 0 Å². The molecule has 0 saturated carbocycles. The van der Waals surface area contributed by atoms with Crippen molar-refractivity contribution in [2.45, 2.75) is 13.8 Å². The van der Waals surface area contributed by atoms with Gasteiger partial charge in [0.2, 0.25) is 0 Å². The van der Waals surface area contributed by atoms with Gasteiger partial charge in [0.05, 0.1) is 5.39 Å². The largest absolute Gasteiger partial charge is 0.337 e. The number of amides is 1. The van der Waals surface area contributed by atoms with Gasteiger partial charge in [-0.15, -0.1) is 0 Å². The lowest BCUT2D eigenvalue weighted by Crippen LogP contribution is -2.51. The van der Waals surface area contributed by atoms with Crippen LogP contribution in [-0.2, 0) is 0 Å². The fraction of sp³-hybridized carbons (Fsp3) is 0.462. The van der Waals surface area contributed by atoms with Crippen LogP contribution in [0.3, 0.4) is 0 Å². The molecule has 1 fully saturated rings. The lowest BCUT2D eigenvalue weighted by molar-refractivity contribution is 0.0403. The second-order valence-electron chi connectivity index (χ2n) is 5.19. The van der Waals surface area contributed by atoms with Crippen molar-refractivity contribution < 1.29 is 4.79 Å². The number of fused-ring (bicyclic) bond motifs is 1. The highest BCUT2D eigenvalue weighted by atomic mass is 16.2. The molecule has 3 rings (SSSR count). The quantitative estimate of drug-likeness (QED) is 0.874. The van der Waals surface area contributed by atoms with Gasteiger partial charge in [-0.05, 0) is 24.0 Å². The summed E-state index contributed by atoms with van der Waals surface area (Å²) in [5, 5.41) is 7.66. The smallest absolute Gasteiger partial charge is 0.272 e. The van der Waals surface area contributed by atoms with Crippen molar-refractivity contribution in [2.75, 3.05) is 13.1 Å². The van der Waals surface area contributed by atoms with Crippen molar-refractivity contribution in [2.24, 2.45) is 11.8 Å². The fourth-order valence-electron chi connectivity index (χ4n) is 2.27. The van der Waals surface area contributed by atoms with Crippen LogP contribution in [0.5, 0.6) is 0 Å². The molecule has 0 aliphatic carbocycles. The molecule has 5 nitrogen and oxygen atoms in total. The molecule has 1 aliphatic rings. The molecule has 1 saturated heterocycles. The number of aromatic amines is 1. The predicted octanol–water partition coefficient (Wildman–Crippen LogP) is 1.69. The van der Waals surface area contributed by atoms with Crippen LogP contribution in [0, 0.1) is 11.8 Å². The minimum Gasteiger partial charge on any atom is -0.337 e. The lowest BCUT2D eigenvalue weighted by atomic mass is 9.88. The molecule has 1 amide bonds. The molecule has 2 aromatic rings. The van der Waals surface area contributed by atoms with Crippen LogP contribution in [-0.4, -0.2) is 39.1 Å². The van der Waals surface area contributed by atoms with Crippen molar-refractivity contribution in [3.05, 3.63) is 24.0 Å². The van der Waals surface area contributed by atoms with Crippen LogP contribution in [0.4, 0.5) is 0 Å². The average molecular weight is 244 g/mol. The number of pyridine rings is 1. The van der Waals surface area contributed by atoms with Gasteiger partial charge < -0.3 is 4.90 Å². The van der Waals surface area contributed by atoms with E-state index in [-0.39, 0.29) is 5.91 Å². The highest BCUT2D eigenvalue weighted by Gasteiger charge is 2.34. The van der Waals surface area contributed by atoms with E-state index in [0.29, 0.717) is 23.2 Å². The molecular formula is C13H16N4O. The van der Waals surface area contributed by atoms with Crippen molar-refractivity contribution in [1.29, 1.82) is 0 Å². The Morgan fingerprint density at radius 3 is 3.00 bits per heavy atom. The van der Waals surface area contributed by atoms with Gasteiger partial charge in [-0.3, -0.25) is 9.89 Å². The molecule has 94 valence electrons. The minimum absolute atomic E-state index is 0.0300. The van der Waals surface area contributed by atoms with Gasteiger partial charge in [0, 0.05) is 19.3 Å². The molecule has 0 bridgehead atoms. The number of nitrogens with zero attached hydrogens (tertiary/aromatic N) is 3. The fourth-order valence-corrected chi connectivity index (χ4v) is 2.27. The normalized spacial score (nSPS) is 16.3. The van der Waals surface area contributed by atoms with Gasteiger partial charge in [0.15, 0.2) is 5.65 Å². The van der Waals surface area contributed by atoms with Crippen molar-refractivity contribution in [1.82, 2.24) is 20.1 Å². The average Bonchev–Trinajstić information content (AvgIpc) is 2.69. The Balaban J connectivity index is 1.82. The summed E-state index contributed by atoms with van der Waals surface area (Å²) in [6.07, 6.45) is 1.68. The molecule has 0 aromatic carbocycles. The molecule has 5 heteroatoms. The molecule has 1 aliphatic heterocycles. The second-order valence-corrected chi connectivity index (χ2v) is 5.19. The van der Waals surface area contributed by atoms with E-state index in [1.807, 2.05) is 17.0 Å². The van der Waals surface area contributed by atoms with E-state index in [0.717, 1.165) is 18.5 Å². The summed E-state index contributed by atoms with van der Waals surface area (Å²) in [5.41, 5.74) is 1.15. The third-order valence-electron chi connectivity index (χ3n) is 3.68. The lowest BCUT2D eigenvalue weighted by Gasteiger charge is -2.41. The number of carbonyl (C=O) groups excluding carboxylic acids is 1. The van der Waals surface area contributed by atoms with Gasteiger partial charge in [-0.1, -0.05) is 13.8 Å². The van der Waals surface area contributed by atoms with Gasteiger partial charge in [-0.2, -0.15) is 5.10 Å². The maximum Gasteiger partial charge on any atom is 0.272 e. The molecule has 3 heterocycles. The molecule has 0 radical (unpaired) electrons. The van der Waals surface area contributed by atoms with Crippen LogP contribution in [0.15, 0.2) is 18.3 Å². The summed E-state index contributed by atoms with van der Waals surface area (Å²) < 4.78 is 0. The Morgan fingerprint density at radius 1 is 1.50 bits per heavy atom. The summed E-state index contributed by atoms with van der Waals surface area (Å²) in [6, 6.07) is 3.69. The zero-order chi connectivity index (χ0) is 12.7. The number of rotatable bonds is 2. The summed E-state index contributed by atoms with van der Waals surface area (Å²) in [6.45, 7) is 6.08. The predicted molar refractivity (Wildman–Crippen MR) is 68.1 cm³/mol. The summed E-state index contributed by atoms with van der Waals surface area (Å²) in [4.78, 5) is 18.3. The summed E-state index contributed by atoms with van der Waals surface area (Å²) in [7, 11) is 0. The standard InChI is InChI=1S/C13H16N4O/c1-8(2)9-6-17(7-9)13(18)11-10-4-3-5-14-12(10)16-15-11/h3-5,8-9H,6-7H2,1-2H3,(H,14,15,16). The monoisotopic (exact) mass is 244 g/mol. The Morgan fingerprint density at radius 2 is 2.28 bits per heavy atom. The van der Waals surface area contributed by atoms with Gasteiger partial charge >= 0.3 is 0 Å². The van der Waals surface area contributed by atoms with Crippen molar-refractivity contribution >= 4 is 16.9 Å². The first-order valence-electron chi connectivity index (χ1n) is 6.25. The Hall–Kier alpha value is -1.91. The number of hydrogen-bond donors (Lipinski definition) is 1. The van der Waals surface area contributed by atoms with Crippen molar-refractivity contribution in [3.8, 4) is 0 Å². The van der Waals surface area contributed by atoms with Gasteiger partial charge in [0.25, 0.3) is 5.91 Å². The summed E-state index contributed by atoms with van der Waals surface area (Å²) >= 11 is 0. The van der Waals surface area contributed by atoms with Gasteiger partial charge in [0.1, 0.15) is 5.69 Å². The van der Waals surface area contributed by atoms with Crippen LogP contribution >= 0.6 is 0 Å². The van der Waals surface area contributed by atoms with Gasteiger partial charge in [-0.25, -0.2) is 4.98 Å². The molecular weight excluding hydrogens is 228 g/mol. The maximum atomic E-state index is 12.3. The van der Waals surface area contributed by atoms with Crippen molar-refractivity contribution in [3.63, 3.8) is 0 Å². The third kappa shape index (κ3) is 1.66. The van der Waals surface area contributed by atoms with E-state index in [1.54, 1.807) is 6.20 Å². The molecule has 0 spiro atoms. The van der Waals surface area contributed by atoms with E-state index in [2.05, 4.69) is 29.0 Å². The zero-order valence-corrected chi connectivity index (χ0v) is 10.6. The molecule has 0 atom stereocenters. The highest BCUT2D eigenvalue weighted by Crippen LogP contribution is 2.26. The molecule has 2 aromatic heterocycles. The third-order valence-corrected chi connectivity index (χ3v) is 3.68. The number of nitrogens with one attached hydrogen (secondary N) is 1. The number of aromatic nitrogens is 3. The Labute approximate surface area is 105 Å². The van der Waals surface area contributed by atoms with E-state index >= 15 is 0 Å². The Kier molecular flexibility index (Phi) is 2.54. The maximum absolute atomic E-state index is 12.3. The minimum atomic E-state index is 0.0300. The number of hydrogen-bond acceptors (Lipinski definition) is 3. The number of H-pyrrole nitrogens is 1. The van der Waals surface area contributed by atoms with E-state index in [1.165, 1.54) is 0 Å². The van der Waals surface area contributed by atoms with Crippen LogP contribution in [0.1, 0.15) is 24.3 Å². The van der Waals surface area contributed by atoms with Crippen LogP contribution < -0.4 is 0 Å². The highest BCUT2D eigenvalue weighted by molar-refractivity contribution is 6.04. The molecule has 18 heavy (non-hydrogen) atoms. The number of likely N-dealkylation sites (tertiary alicyclic amines) is 1. The van der Waals surface area contributed by atoms with E-state index in [9.17, 15) is 4.79 Å². The van der Waals surface area contributed by atoms with E-state index < -0.39 is 0 Å². The second kappa shape index (κ2) is 4.08. The molecule has 0 unspecified atom stereocenters. The first kappa shape index (κ1) is 11.2. The zero-order valence-electron chi connectivity index (χ0n) is 10.6. The number of carbonyl (C=O) groups is 1. The first-order chi connectivity index (χ1) is 8.66. The topological polar surface area (TPSA) is 61.9 Å². The molecule has 1 N–H and O–H groups in total. The van der Waals surface area contributed by atoms with Crippen LogP contribution in [0.25, 0.3) is 11.0 Å². The summed E-state index contributed by atoms with van der Waals surface area (Å²) in [5.74, 6) is 1.29. The van der Waals surface area contributed by atoms with Crippen LogP contribution in [0.2, 0.25) is 0 Å².